The van der Waals surface area contributed by atoms with Crippen LogP contribution in [0, 0.1) is 0 Å². The van der Waals surface area contributed by atoms with Gasteiger partial charge in [-0.05, 0) is 25.9 Å². The number of nitrogens with zero attached hydrogens (tertiary/aromatic N) is 4. The summed E-state index contributed by atoms with van der Waals surface area (Å²) in [5.41, 5.74) is 5.39. The number of aromatic nitrogens is 3. The summed E-state index contributed by atoms with van der Waals surface area (Å²) in [6.07, 6.45) is 6.66. The lowest BCUT2D eigenvalue weighted by atomic mass is 10.2. The number of carbonyl (C=O) groups excluding carboxylic acids is 1. The third-order valence-corrected chi connectivity index (χ3v) is 3.31. The molecular weight excluding hydrogens is 244 g/mol. The molecule has 0 aromatic carbocycles. The highest BCUT2D eigenvalue weighted by Crippen LogP contribution is 2.08. The maximum absolute atomic E-state index is 11.7. The Kier molecular flexibility index (Phi) is 5.14. The van der Waals surface area contributed by atoms with E-state index in [2.05, 4.69) is 20.3 Å². The Bertz CT molecular complexity index is 397. The Morgan fingerprint density at radius 1 is 1.32 bits per heavy atom. The van der Waals surface area contributed by atoms with Crippen molar-refractivity contribution >= 4 is 11.9 Å². The molecule has 1 amide bonds. The third kappa shape index (κ3) is 4.86. The van der Waals surface area contributed by atoms with Gasteiger partial charge in [-0.2, -0.15) is 0 Å². The van der Waals surface area contributed by atoms with E-state index in [0.717, 1.165) is 19.6 Å². The topological polar surface area (TPSA) is 89.1 Å². The molecule has 106 valence electrons. The molecule has 0 spiro atoms. The Hall–Kier alpha value is -1.63. The summed E-state index contributed by atoms with van der Waals surface area (Å²) in [6.45, 7) is 4.07. The van der Waals surface area contributed by atoms with Crippen molar-refractivity contribution in [2.75, 3.05) is 31.9 Å². The maximum Gasteiger partial charge on any atom is 0.241 e. The van der Waals surface area contributed by atoms with Gasteiger partial charge in [0.15, 0.2) is 0 Å². The first kappa shape index (κ1) is 13.8. The predicted octanol–water partition coefficient (Wildman–Crippen LogP) is -0.147. The minimum Gasteiger partial charge on any atom is -0.367 e. The zero-order valence-electron chi connectivity index (χ0n) is 11.2. The molecular formula is C12H22N6O. The second-order valence-corrected chi connectivity index (χ2v) is 4.91. The fourth-order valence-corrected chi connectivity index (χ4v) is 2.30. The Labute approximate surface area is 113 Å². The van der Waals surface area contributed by atoms with Gasteiger partial charge in [0.2, 0.25) is 11.9 Å². The minimum absolute atomic E-state index is 0.0558. The molecule has 0 saturated carbocycles. The molecule has 7 heteroatoms. The minimum atomic E-state index is -0.0558. The molecule has 0 aliphatic carbocycles. The first-order valence-electron chi connectivity index (χ1n) is 6.88. The van der Waals surface area contributed by atoms with Crippen LogP contribution in [0.5, 0.6) is 0 Å². The summed E-state index contributed by atoms with van der Waals surface area (Å²) in [5, 5.41) is 6.77. The van der Waals surface area contributed by atoms with Crippen LogP contribution in [-0.4, -0.2) is 51.8 Å². The van der Waals surface area contributed by atoms with E-state index in [0.29, 0.717) is 6.54 Å². The van der Waals surface area contributed by atoms with Gasteiger partial charge in [0.1, 0.15) is 12.9 Å². The van der Waals surface area contributed by atoms with Gasteiger partial charge < -0.3 is 16.0 Å². The molecule has 2 rings (SSSR count). The zero-order chi connectivity index (χ0) is 13.5. The molecule has 1 aliphatic rings. The van der Waals surface area contributed by atoms with Crippen LogP contribution in [0.4, 0.5) is 5.95 Å². The second kappa shape index (κ2) is 7.08. The maximum atomic E-state index is 11.7. The SMILES string of the molecule is Nc1ncn(CC(=O)NCCN2CCCCCC2)n1. The first-order valence-corrected chi connectivity index (χ1v) is 6.88. The van der Waals surface area contributed by atoms with Gasteiger partial charge >= 0.3 is 0 Å². The Morgan fingerprint density at radius 3 is 2.68 bits per heavy atom. The zero-order valence-corrected chi connectivity index (χ0v) is 11.2. The molecule has 19 heavy (non-hydrogen) atoms. The average molecular weight is 266 g/mol. The van der Waals surface area contributed by atoms with Gasteiger partial charge in [-0.1, -0.05) is 12.8 Å². The van der Waals surface area contributed by atoms with E-state index in [-0.39, 0.29) is 18.4 Å². The lowest BCUT2D eigenvalue weighted by Crippen LogP contribution is -2.36. The fraction of sp³-hybridized carbons (Fsp3) is 0.750. The number of anilines is 1. The van der Waals surface area contributed by atoms with Crippen molar-refractivity contribution in [3.05, 3.63) is 6.33 Å². The van der Waals surface area contributed by atoms with E-state index in [1.54, 1.807) is 0 Å². The van der Waals surface area contributed by atoms with Gasteiger partial charge in [-0.3, -0.25) is 4.79 Å². The van der Waals surface area contributed by atoms with Crippen molar-refractivity contribution in [1.82, 2.24) is 25.0 Å². The van der Waals surface area contributed by atoms with E-state index in [1.807, 2.05) is 0 Å². The lowest BCUT2D eigenvalue weighted by molar-refractivity contribution is -0.121. The van der Waals surface area contributed by atoms with Crippen molar-refractivity contribution in [2.45, 2.75) is 32.2 Å². The summed E-state index contributed by atoms with van der Waals surface area (Å²) >= 11 is 0. The standard InChI is InChI=1S/C12H22N6O/c13-12-15-10-18(16-12)9-11(19)14-5-8-17-6-3-1-2-4-7-17/h10H,1-9H2,(H2,13,16)(H,14,19). The second-order valence-electron chi connectivity index (χ2n) is 4.91. The van der Waals surface area contributed by atoms with Crippen LogP contribution in [0.15, 0.2) is 6.33 Å². The van der Waals surface area contributed by atoms with Crippen LogP contribution in [0.3, 0.4) is 0 Å². The molecule has 1 aromatic heterocycles. The monoisotopic (exact) mass is 266 g/mol. The van der Waals surface area contributed by atoms with Crippen molar-refractivity contribution in [3.63, 3.8) is 0 Å². The van der Waals surface area contributed by atoms with Crippen LogP contribution in [-0.2, 0) is 11.3 Å². The highest BCUT2D eigenvalue weighted by molar-refractivity contribution is 5.75. The van der Waals surface area contributed by atoms with Gasteiger partial charge in [-0.25, -0.2) is 9.67 Å². The number of carbonyl (C=O) groups is 1. The number of amides is 1. The molecule has 0 radical (unpaired) electrons. The highest BCUT2D eigenvalue weighted by Gasteiger charge is 2.09. The molecule has 2 heterocycles. The lowest BCUT2D eigenvalue weighted by Gasteiger charge is -2.19. The normalized spacial score (nSPS) is 17.1. The average Bonchev–Trinajstić information content (AvgIpc) is 2.65. The van der Waals surface area contributed by atoms with Crippen LogP contribution in [0.25, 0.3) is 0 Å². The van der Waals surface area contributed by atoms with E-state index < -0.39 is 0 Å². The number of likely N-dealkylation sites (tertiary alicyclic amines) is 1. The Balaban J connectivity index is 1.63. The number of rotatable bonds is 5. The molecule has 0 unspecified atom stereocenters. The third-order valence-electron chi connectivity index (χ3n) is 3.31. The van der Waals surface area contributed by atoms with Crippen molar-refractivity contribution in [3.8, 4) is 0 Å². The number of nitrogens with one attached hydrogen (secondary N) is 1. The van der Waals surface area contributed by atoms with Crippen LogP contribution in [0.2, 0.25) is 0 Å². The largest absolute Gasteiger partial charge is 0.367 e. The van der Waals surface area contributed by atoms with E-state index in [4.69, 9.17) is 5.73 Å². The van der Waals surface area contributed by atoms with Gasteiger partial charge in [-0.15, -0.1) is 5.10 Å². The van der Waals surface area contributed by atoms with E-state index >= 15 is 0 Å². The summed E-state index contributed by atoms with van der Waals surface area (Å²) in [6, 6.07) is 0. The molecule has 7 nitrogen and oxygen atoms in total. The van der Waals surface area contributed by atoms with Crippen molar-refractivity contribution in [2.24, 2.45) is 0 Å². The van der Waals surface area contributed by atoms with E-state index in [9.17, 15) is 4.79 Å². The summed E-state index contributed by atoms with van der Waals surface area (Å²) in [4.78, 5) is 17.9. The molecule has 0 atom stereocenters. The molecule has 1 aromatic rings. The predicted molar refractivity (Wildman–Crippen MR) is 72.4 cm³/mol. The highest BCUT2D eigenvalue weighted by atomic mass is 16.2. The smallest absolute Gasteiger partial charge is 0.241 e. The quantitative estimate of drug-likeness (QED) is 0.774. The molecule has 3 N–H and O–H groups in total. The van der Waals surface area contributed by atoms with Crippen molar-refractivity contribution < 1.29 is 4.79 Å². The fourth-order valence-electron chi connectivity index (χ4n) is 2.30. The molecule has 1 aliphatic heterocycles. The van der Waals surface area contributed by atoms with Crippen LogP contribution < -0.4 is 11.1 Å². The van der Waals surface area contributed by atoms with Crippen LogP contribution >= 0.6 is 0 Å². The number of hydrogen-bond donors (Lipinski definition) is 2. The van der Waals surface area contributed by atoms with Crippen LogP contribution in [0.1, 0.15) is 25.7 Å². The number of hydrogen-bond acceptors (Lipinski definition) is 5. The molecule has 1 fully saturated rings. The summed E-state index contributed by atoms with van der Waals surface area (Å²) in [5.74, 6) is 0.136. The number of nitrogens with two attached hydrogens (primary N) is 1. The van der Waals surface area contributed by atoms with Gasteiger partial charge in [0, 0.05) is 13.1 Å². The first-order chi connectivity index (χ1) is 9.24. The summed E-state index contributed by atoms with van der Waals surface area (Å²) < 4.78 is 1.44. The number of nitrogen functional groups attached to an aromatic ring is 1. The van der Waals surface area contributed by atoms with Crippen molar-refractivity contribution in [1.29, 1.82) is 0 Å². The summed E-state index contributed by atoms with van der Waals surface area (Å²) in [7, 11) is 0. The molecule has 0 bridgehead atoms. The van der Waals surface area contributed by atoms with E-state index in [1.165, 1.54) is 36.7 Å². The van der Waals surface area contributed by atoms with Gasteiger partial charge in [0.25, 0.3) is 0 Å². The van der Waals surface area contributed by atoms with Gasteiger partial charge in [0.05, 0.1) is 0 Å². The molecule has 1 saturated heterocycles. The Morgan fingerprint density at radius 2 is 2.05 bits per heavy atom.